The monoisotopic (exact) mass is 296 g/mol. The highest BCUT2D eigenvalue weighted by molar-refractivity contribution is 5.81. The van der Waals surface area contributed by atoms with Crippen LogP contribution in [0.15, 0.2) is 4.99 Å². The Labute approximate surface area is 127 Å². The third-order valence-electron chi connectivity index (χ3n) is 4.93. The molecule has 6 heteroatoms. The normalized spacial score (nSPS) is 33.7. The molecule has 3 aliphatic rings. The first-order valence-electron chi connectivity index (χ1n) is 8.17. The highest BCUT2D eigenvalue weighted by Gasteiger charge is 2.49. The summed E-state index contributed by atoms with van der Waals surface area (Å²) in [5.74, 6) is 1.04. The van der Waals surface area contributed by atoms with E-state index in [1.807, 2.05) is 0 Å². The van der Waals surface area contributed by atoms with E-state index in [-0.39, 0.29) is 5.54 Å². The van der Waals surface area contributed by atoms with Crippen LogP contribution in [-0.4, -0.2) is 87.0 Å². The van der Waals surface area contributed by atoms with Crippen molar-refractivity contribution in [2.45, 2.75) is 31.4 Å². The average Bonchev–Trinajstić information content (AvgIpc) is 2.88. The molecule has 0 aromatic rings. The molecule has 2 heterocycles. The number of rotatable bonds is 5. The van der Waals surface area contributed by atoms with Gasteiger partial charge < -0.3 is 19.7 Å². The topological polar surface area (TPSA) is 49.3 Å². The Morgan fingerprint density at radius 2 is 2.10 bits per heavy atom. The van der Waals surface area contributed by atoms with E-state index in [1.54, 1.807) is 0 Å². The average molecular weight is 296 g/mol. The second-order valence-corrected chi connectivity index (χ2v) is 6.29. The van der Waals surface area contributed by atoms with Gasteiger partial charge in [0.1, 0.15) is 0 Å². The van der Waals surface area contributed by atoms with Crippen LogP contribution in [0.5, 0.6) is 0 Å². The molecule has 1 N–H and O–H groups in total. The fourth-order valence-corrected chi connectivity index (χ4v) is 3.66. The van der Waals surface area contributed by atoms with Crippen LogP contribution in [0.3, 0.4) is 0 Å². The number of aliphatic imine (C=N–C) groups is 1. The van der Waals surface area contributed by atoms with Gasteiger partial charge in [0, 0.05) is 45.4 Å². The van der Waals surface area contributed by atoms with E-state index in [4.69, 9.17) is 9.47 Å². The summed E-state index contributed by atoms with van der Waals surface area (Å²) < 4.78 is 11.3. The SMILES string of the molecule is CCOC1CC(CNC2=NCCN2C)(N2CCOCC2)C1. The summed E-state index contributed by atoms with van der Waals surface area (Å²) in [5, 5.41) is 3.57. The van der Waals surface area contributed by atoms with Crippen molar-refractivity contribution in [3.63, 3.8) is 0 Å². The number of hydrogen-bond donors (Lipinski definition) is 1. The lowest BCUT2D eigenvalue weighted by molar-refractivity contribution is -0.124. The summed E-state index contributed by atoms with van der Waals surface area (Å²) in [6, 6.07) is 0. The van der Waals surface area contributed by atoms with Crippen molar-refractivity contribution in [2.75, 3.05) is 59.6 Å². The van der Waals surface area contributed by atoms with Crippen LogP contribution < -0.4 is 5.32 Å². The highest BCUT2D eigenvalue weighted by atomic mass is 16.5. The molecule has 2 aliphatic heterocycles. The van der Waals surface area contributed by atoms with E-state index in [9.17, 15) is 0 Å². The zero-order chi connectivity index (χ0) is 14.7. The van der Waals surface area contributed by atoms with Gasteiger partial charge in [-0.3, -0.25) is 9.89 Å². The first-order chi connectivity index (χ1) is 10.2. The van der Waals surface area contributed by atoms with Crippen LogP contribution in [0.1, 0.15) is 19.8 Å². The molecule has 0 atom stereocenters. The molecule has 0 bridgehead atoms. The lowest BCUT2D eigenvalue weighted by atomic mass is 9.72. The van der Waals surface area contributed by atoms with E-state index in [0.29, 0.717) is 6.10 Å². The molecule has 1 saturated carbocycles. The van der Waals surface area contributed by atoms with E-state index in [0.717, 1.165) is 71.3 Å². The van der Waals surface area contributed by atoms with Gasteiger partial charge in [-0.05, 0) is 19.8 Å². The second-order valence-electron chi connectivity index (χ2n) is 6.29. The fourth-order valence-electron chi connectivity index (χ4n) is 3.66. The maximum atomic E-state index is 5.79. The lowest BCUT2D eigenvalue weighted by Crippen LogP contribution is -2.67. The zero-order valence-electron chi connectivity index (χ0n) is 13.3. The summed E-state index contributed by atoms with van der Waals surface area (Å²) in [6.45, 7) is 9.54. The number of hydrogen-bond acceptors (Lipinski definition) is 6. The Bertz CT molecular complexity index is 376. The van der Waals surface area contributed by atoms with Crippen molar-refractivity contribution in [2.24, 2.45) is 4.99 Å². The fraction of sp³-hybridized carbons (Fsp3) is 0.933. The van der Waals surface area contributed by atoms with Crippen LogP contribution in [-0.2, 0) is 9.47 Å². The molecule has 21 heavy (non-hydrogen) atoms. The third kappa shape index (κ3) is 3.17. The molecule has 6 nitrogen and oxygen atoms in total. The molecule has 0 unspecified atom stereocenters. The Morgan fingerprint density at radius 1 is 1.33 bits per heavy atom. The predicted octanol–water partition coefficient (Wildman–Crippen LogP) is 0.147. The van der Waals surface area contributed by atoms with Gasteiger partial charge in [-0.15, -0.1) is 0 Å². The Balaban J connectivity index is 1.59. The minimum absolute atomic E-state index is 0.218. The zero-order valence-corrected chi connectivity index (χ0v) is 13.3. The maximum Gasteiger partial charge on any atom is 0.193 e. The number of nitrogens with one attached hydrogen (secondary N) is 1. The van der Waals surface area contributed by atoms with E-state index in [2.05, 4.69) is 34.1 Å². The Morgan fingerprint density at radius 3 is 2.71 bits per heavy atom. The molecule has 0 amide bonds. The van der Waals surface area contributed by atoms with E-state index >= 15 is 0 Å². The molecule has 0 spiro atoms. The molecule has 3 rings (SSSR count). The van der Waals surface area contributed by atoms with Gasteiger partial charge in [-0.1, -0.05) is 0 Å². The molecule has 1 aliphatic carbocycles. The summed E-state index contributed by atoms with van der Waals surface area (Å²) in [6.07, 6.45) is 2.65. The summed E-state index contributed by atoms with van der Waals surface area (Å²) >= 11 is 0. The van der Waals surface area contributed by atoms with Crippen molar-refractivity contribution < 1.29 is 9.47 Å². The molecule has 0 aromatic carbocycles. The van der Waals surface area contributed by atoms with Gasteiger partial charge in [0.25, 0.3) is 0 Å². The number of ether oxygens (including phenoxy) is 2. The number of guanidine groups is 1. The lowest BCUT2D eigenvalue weighted by Gasteiger charge is -2.55. The van der Waals surface area contributed by atoms with Crippen LogP contribution in [0.25, 0.3) is 0 Å². The first kappa shape index (κ1) is 15.1. The van der Waals surface area contributed by atoms with Crippen molar-refractivity contribution in [1.29, 1.82) is 0 Å². The summed E-state index contributed by atoms with van der Waals surface area (Å²) in [7, 11) is 2.10. The molecule has 0 aromatic heterocycles. The molecule has 0 radical (unpaired) electrons. The molecular formula is C15H28N4O2. The van der Waals surface area contributed by atoms with Gasteiger partial charge in [0.15, 0.2) is 5.96 Å². The predicted molar refractivity (Wildman–Crippen MR) is 82.7 cm³/mol. The van der Waals surface area contributed by atoms with Gasteiger partial charge in [-0.25, -0.2) is 0 Å². The summed E-state index contributed by atoms with van der Waals surface area (Å²) in [4.78, 5) is 9.33. The number of morpholine rings is 1. The quantitative estimate of drug-likeness (QED) is 0.782. The number of nitrogens with zero attached hydrogens (tertiary/aromatic N) is 3. The minimum atomic E-state index is 0.218. The molecule has 2 fully saturated rings. The van der Waals surface area contributed by atoms with Gasteiger partial charge >= 0.3 is 0 Å². The molecular weight excluding hydrogens is 268 g/mol. The second kappa shape index (κ2) is 6.50. The van der Waals surface area contributed by atoms with Crippen molar-refractivity contribution in [3.05, 3.63) is 0 Å². The van der Waals surface area contributed by atoms with Crippen molar-refractivity contribution in [1.82, 2.24) is 15.1 Å². The molecule has 1 saturated heterocycles. The van der Waals surface area contributed by atoms with Crippen molar-refractivity contribution >= 4 is 5.96 Å². The smallest absolute Gasteiger partial charge is 0.193 e. The molecule has 120 valence electrons. The van der Waals surface area contributed by atoms with E-state index in [1.165, 1.54) is 0 Å². The van der Waals surface area contributed by atoms with Crippen molar-refractivity contribution in [3.8, 4) is 0 Å². The van der Waals surface area contributed by atoms with Crippen LogP contribution in [0, 0.1) is 0 Å². The van der Waals surface area contributed by atoms with Crippen LogP contribution >= 0.6 is 0 Å². The minimum Gasteiger partial charge on any atom is -0.379 e. The largest absolute Gasteiger partial charge is 0.379 e. The summed E-state index contributed by atoms with van der Waals surface area (Å²) in [5.41, 5.74) is 0.218. The Hall–Kier alpha value is -0.850. The first-order valence-corrected chi connectivity index (χ1v) is 8.17. The maximum absolute atomic E-state index is 5.79. The highest BCUT2D eigenvalue weighted by Crippen LogP contribution is 2.39. The van der Waals surface area contributed by atoms with Gasteiger partial charge in [0.05, 0.1) is 25.9 Å². The number of likely N-dealkylation sites (N-methyl/N-ethyl adjacent to an activating group) is 1. The standard InChI is InChI=1S/C15H28N4O2/c1-3-21-13-10-15(11-13,19-6-8-20-9-7-19)12-17-14-16-4-5-18(14)2/h13H,3-12H2,1-2H3,(H,16,17). The Kier molecular flexibility index (Phi) is 4.66. The van der Waals surface area contributed by atoms with Gasteiger partial charge in [-0.2, -0.15) is 0 Å². The van der Waals surface area contributed by atoms with Crippen LogP contribution in [0.4, 0.5) is 0 Å². The van der Waals surface area contributed by atoms with E-state index < -0.39 is 0 Å². The third-order valence-corrected chi connectivity index (χ3v) is 4.93. The van der Waals surface area contributed by atoms with Gasteiger partial charge in [0.2, 0.25) is 0 Å². The van der Waals surface area contributed by atoms with Crippen LogP contribution in [0.2, 0.25) is 0 Å².